The highest BCUT2D eigenvalue weighted by atomic mass is 19.4. The number of hydrogen-bond donors (Lipinski definition) is 6. The van der Waals surface area contributed by atoms with E-state index in [1.165, 1.54) is 43.6 Å². The van der Waals surface area contributed by atoms with E-state index < -0.39 is 70.6 Å². The predicted octanol–water partition coefficient (Wildman–Crippen LogP) is 4.67. The molecule has 2 unspecified atom stereocenters. The van der Waals surface area contributed by atoms with E-state index in [2.05, 4.69) is 41.8 Å². The number of halogens is 4. The van der Waals surface area contributed by atoms with Gasteiger partial charge < -0.3 is 20.9 Å². The van der Waals surface area contributed by atoms with Gasteiger partial charge in [0, 0.05) is 30.8 Å². The van der Waals surface area contributed by atoms with E-state index in [-0.39, 0.29) is 48.1 Å². The molecule has 292 valence electrons. The quantitative estimate of drug-likeness (QED) is 0.0644. The number of benzene rings is 2. The average Bonchev–Trinajstić information content (AvgIpc) is 3.51. The number of amides is 4. The first-order valence-electron chi connectivity index (χ1n) is 18.0. The molecule has 16 heteroatoms. The van der Waals surface area contributed by atoms with Gasteiger partial charge >= 0.3 is 6.18 Å². The Hall–Kier alpha value is -5.28. The first-order chi connectivity index (χ1) is 25.6. The summed E-state index contributed by atoms with van der Waals surface area (Å²) in [6, 6.07) is 7.24. The van der Waals surface area contributed by atoms with Crippen LogP contribution in [0.25, 0.3) is 10.9 Å². The fourth-order valence-electron chi connectivity index (χ4n) is 6.55. The molecule has 4 amide bonds. The molecule has 1 aromatic heterocycles. The Morgan fingerprint density at radius 3 is 2.24 bits per heavy atom. The summed E-state index contributed by atoms with van der Waals surface area (Å²) in [5.41, 5.74) is 0.844. The van der Waals surface area contributed by atoms with E-state index >= 15 is 0 Å². The van der Waals surface area contributed by atoms with Crippen LogP contribution >= 0.6 is 0 Å². The van der Waals surface area contributed by atoms with Crippen LogP contribution in [0.5, 0.6) is 0 Å². The van der Waals surface area contributed by atoms with Crippen LogP contribution in [0.4, 0.5) is 17.6 Å². The highest BCUT2D eigenvalue weighted by Crippen LogP contribution is 2.40. The molecule has 0 fully saturated rings. The summed E-state index contributed by atoms with van der Waals surface area (Å²) >= 11 is 0. The molecule has 0 bridgehead atoms. The number of hydrazone groups is 1. The summed E-state index contributed by atoms with van der Waals surface area (Å²) in [5, 5.41) is 15.2. The molecule has 5 atom stereocenters. The van der Waals surface area contributed by atoms with Gasteiger partial charge in [-0.1, -0.05) is 70.9 Å². The van der Waals surface area contributed by atoms with Crippen LogP contribution in [0.2, 0.25) is 0 Å². The maximum absolute atomic E-state index is 14.7. The summed E-state index contributed by atoms with van der Waals surface area (Å²) in [6.07, 6.45) is -2.83. The van der Waals surface area contributed by atoms with Crippen LogP contribution in [-0.2, 0) is 44.6 Å². The van der Waals surface area contributed by atoms with E-state index in [1.54, 1.807) is 26.8 Å². The Kier molecular flexibility index (Phi) is 13.6. The van der Waals surface area contributed by atoms with E-state index in [1.807, 2.05) is 13.8 Å². The highest BCUT2D eigenvalue weighted by Gasteiger charge is 2.47. The molecule has 12 nitrogen and oxygen atoms in total. The number of guanidine groups is 1. The topological polar surface area (TPSA) is 169 Å². The van der Waals surface area contributed by atoms with Crippen molar-refractivity contribution in [1.82, 2.24) is 31.7 Å². The van der Waals surface area contributed by atoms with E-state index in [0.29, 0.717) is 24.1 Å². The third-order valence-corrected chi connectivity index (χ3v) is 10.1. The van der Waals surface area contributed by atoms with E-state index in [0.717, 1.165) is 6.07 Å². The maximum Gasteiger partial charge on any atom is 0.418 e. The van der Waals surface area contributed by atoms with Crippen molar-refractivity contribution in [3.05, 3.63) is 70.7 Å². The summed E-state index contributed by atoms with van der Waals surface area (Å²) in [7, 11) is 1.43. The number of carbonyl (C=O) groups is 4. The fraction of sp³-hybridized carbons (Fsp3) is 0.474. The van der Waals surface area contributed by atoms with Gasteiger partial charge in [-0.2, -0.15) is 18.3 Å². The molecule has 1 aliphatic carbocycles. The number of para-hydroxylation sites is 1. The summed E-state index contributed by atoms with van der Waals surface area (Å²) in [5.74, 6) is -4.11. The van der Waals surface area contributed by atoms with Crippen LogP contribution in [0, 0.1) is 17.7 Å². The van der Waals surface area contributed by atoms with Gasteiger partial charge in [-0.3, -0.25) is 29.5 Å². The van der Waals surface area contributed by atoms with Crippen LogP contribution in [0.15, 0.2) is 52.6 Å². The molecule has 0 radical (unpaired) electrons. The van der Waals surface area contributed by atoms with Crippen molar-refractivity contribution >= 4 is 46.7 Å². The Labute approximate surface area is 311 Å². The van der Waals surface area contributed by atoms with Gasteiger partial charge in [0.2, 0.25) is 29.6 Å². The molecule has 2 aromatic carbocycles. The molecule has 0 saturated carbocycles. The van der Waals surface area contributed by atoms with Crippen LogP contribution in [0.3, 0.4) is 0 Å². The molecule has 1 aliphatic rings. The minimum Gasteiger partial charge on any atom is -0.358 e. The highest BCUT2D eigenvalue weighted by molar-refractivity contribution is 6.03. The lowest BCUT2D eigenvalue weighted by Gasteiger charge is -2.39. The van der Waals surface area contributed by atoms with Gasteiger partial charge in [0.25, 0.3) is 0 Å². The number of H-pyrrole nitrogens is 1. The first kappa shape index (κ1) is 41.5. The minimum absolute atomic E-state index is 0.0211. The number of aromatic amines is 1. The molecule has 4 rings (SSSR count). The van der Waals surface area contributed by atoms with E-state index in [4.69, 9.17) is 0 Å². The maximum atomic E-state index is 14.7. The van der Waals surface area contributed by atoms with Crippen LogP contribution in [0.1, 0.15) is 76.3 Å². The zero-order valence-electron chi connectivity index (χ0n) is 31.2. The molecule has 54 heavy (non-hydrogen) atoms. The standard InChI is InChI=1S/C38H48F4N8O4/c1-7-21(4)30(33(52)48-36(43-6)50-44-9-3)47-35(54)37(18-17-28-25(20-37)24-14-12-15-26(32(24)45-28)38(40,41)42)49-34(53)31(22(5)8-2)46-29(51)19-23-13-10-11-16-27(23)39/h9-16,21-22,30-31,45H,7-8,17-20H2,1-6H3,(H,46,51)(H,47,54)(H,49,53)(H2,43,48,50,52)/b44-9-/t21?,22?,30-,31-,37+/m0/s1. The molecule has 0 aliphatic heterocycles. The summed E-state index contributed by atoms with van der Waals surface area (Å²) < 4.78 is 56.6. The lowest BCUT2D eigenvalue weighted by Crippen LogP contribution is -2.67. The second kappa shape index (κ2) is 17.7. The number of alkyl halides is 3. The predicted molar refractivity (Wildman–Crippen MR) is 198 cm³/mol. The Morgan fingerprint density at radius 1 is 0.963 bits per heavy atom. The Morgan fingerprint density at radius 2 is 1.63 bits per heavy atom. The second-order valence-corrected chi connectivity index (χ2v) is 13.7. The van der Waals surface area contributed by atoms with Crippen LogP contribution < -0.4 is 26.7 Å². The molecule has 0 spiro atoms. The summed E-state index contributed by atoms with van der Waals surface area (Å²) in [4.78, 5) is 62.7. The number of hydrogen-bond acceptors (Lipinski definition) is 6. The smallest absolute Gasteiger partial charge is 0.358 e. The lowest BCUT2D eigenvalue weighted by atomic mass is 9.78. The van der Waals surface area contributed by atoms with Gasteiger partial charge in [-0.25, -0.2) is 9.82 Å². The fourth-order valence-corrected chi connectivity index (χ4v) is 6.55. The number of carbonyl (C=O) groups excluding carboxylic acids is 4. The normalized spacial score (nSPS) is 18.3. The molecule has 6 N–H and O–H groups in total. The van der Waals surface area contributed by atoms with Gasteiger partial charge in [0.1, 0.15) is 23.4 Å². The molecular formula is C38H48F4N8O4. The SMILES string of the molecule is C/C=N\NC(=NC)NC(=O)[C@@H](NC(=O)[C@@]1(NC(=O)[C@@H](NC(=O)Cc2ccccc2F)C(C)CC)CCc2[nH]c3c(C(F)(F)F)cccc3c2C1)C(C)CC. The molecule has 3 aromatic rings. The van der Waals surface area contributed by atoms with Crippen molar-refractivity contribution in [3.63, 3.8) is 0 Å². The van der Waals surface area contributed by atoms with Gasteiger partial charge in [-0.05, 0) is 54.9 Å². The van der Waals surface area contributed by atoms with Crippen molar-refractivity contribution in [3.8, 4) is 0 Å². The molecule has 1 heterocycles. The number of aliphatic imine (C=N–C) groups is 1. The van der Waals surface area contributed by atoms with Crippen molar-refractivity contribution in [2.45, 2.75) is 96.9 Å². The minimum atomic E-state index is -4.66. The number of rotatable bonds is 13. The van der Waals surface area contributed by atoms with Crippen molar-refractivity contribution < 1.29 is 36.7 Å². The lowest BCUT2D eigenvalue weighted by molar-refractivity contribution is -0.139. The molecular weight excluding hydrogens is 708 g/mol. The number of aryl methyl sites for hydroxylation is 1. The second-order valence-electron chi connectivity index (χ2n) is 13.7. The van der Waals surface area contributed by atoms with Crippen molar-refractivity contribution in [1.29, 1.82) is 0 Å². The third-order valence-electron chi connectivity index (χ3n) is 10.1. The first-order valence-corrected chi connectivity index (χ1v) is 18.0. The number of nitrogens with zero attached hydrogens (tertiary/aromatic N) is 2. The monoisotopic (exact) mass is 756 g/mol. The third kappa shape index (κ3) is 9.44. The van der Waals surface area contributed by atoms with Crippen LogP contribution in [-0.4, -0.2) is 65.5 Å². The Bertz CT molecular complexity index is 1910. The summed E-state index contributed by atoms with van der Waals surface area (Å²) in [6.45, 7) is 8.81. The van der Waals surface area contributed by atoms with Gasteiger partial charge in [0.15, 0.2) is 0 Å². The number of nitrogens with one attached hydrogen (secondary N) is 6. The largest absolute Gasteiger partial charge is 0.418 e. The van der Waals surface area contributed by atoms with Gasteiger partial charge in [-0.15, -0.1) is 0 Å². The molecule has 0 saturated heterocycles. The van der Waals surface area contributed by atoms with E-state index in [9.17, 15) is 36.7 Å². The van der Waals surface area contributed by atoms with Crippen molar-refractivity contribution in [2.24, 2.45) is 21.9 Å². The zero-order chi connectivity index (χ0) is 39.8. The van der Waals surface area contributed by atoms with Gasteiger partial charge in [0.05, 0.1) is 17.5 Å². The van der Waals surface area contributed by atoms with Crippen molar-refractivity contribution in [2.75, 3.05) is 7.05 Å². The zero-order valence-corrected chi connectivity index (χ0v) is 31.2. The number of fused-ring (bicyclic) bond motifs is 3. The average molecular weight is 757 g/mol. The number of aromatic nitrogens is 1. The Balaban J connectivity index is 1.75.